The first-order chi connectivity index (χ1) is 15.9. The van der Waals surface area contributed by atoms with E-state index < -0.39 is 0 Å². The molecule has 0 spiro atoms. The van der Waals surface area contributed by atoms with Gasteiger partial charge in [-0.2, -0.15) is 5.10 Å². The van der Waals surface area contributed by atoms with Crippen LogP contribution in [0.2, 0.25) is 0 Å². The lowest BCUT2D eigenvalue weighted by molar-refractivity contribution is -0.118. The molecule has 3 heterocycles. The van der Waals surface area contributed by atoms with E-state index in [0.717, 1.165) is 22.6 Å². The van der Waals surface area contributed by atoms with Gasteiger partial charge in [0.05, 0.1) is 25.4 Å². The number of anilines is 1. The molecule has 3 aromatic rings. The van der Waals surface area contributed by atoms with Crippen LogP contribution in [0.4, 0.5) is 5.82 Å². The van der Waals surface area contributed by atoms with Crippen molar-refractivity contribution in [2.75, 3.05) is 25.6 Å². The van der Waals surface area contributed by atoms with Crippen LogP contribution >= 0.6 is 0 Å². The average Bonchev–Trinajstić information content (AvgIpc) is 3.24. The lowest BCUT2D eigenvalue weighted by Gasteiger charge is -2.30. The van der Waals surface area contributed by atoms with E-state index in [9.17, 15) is 9.59 Å². The van der Waals surface area contributed by atoms with Gasteiger partial charge < -0.3 is 9.64 Å². The molecule has 0 saturated carbocycles. The van der Waals surface area contributed by atoms with Gasteiger partial charge in [-0.3, -0.25) is 19.2 Å². The van der Waals surface area contributed by atoms with E-state index in [1.807, 2.05) is 31.2 Å². The van der Waals surface area contributed by atoms with Gasteiger partial charge in [0.1, 0.15) is 17.4 Å². The largest absolute Gasteiger partial charge is 0.497 e. The lowest BCUT2D eigenvalue weighted by atomic mass is 10.0. The van der Waals surface area contributed by atoms with Gasteiger partial charge >= 0.3 is 0 Å². The Hall–Kier alpha value is -3.75. The van der Waals surface area contributed by atoms with Crippen molar-refractivity contribution < 1.29 is 14.3 Å². The van der Waals surface area contributed by atoms with Crippen LogP contribution in [-0.4, -0.2) is 57.2 Å². The molecule has 0 atom stereocenters. The van der Waals surface area contributed by atoms with E-state index >= 15 is 0 Å². The second-order valence-electron chi connectivity index (χ2n) is 8.24. The summed E-state index contributed by atoms with van der Waals surface area (Å²) >= 11 is 0. The molecule has 2 aromatic heterocycles. The minimum Gasteiger partial charge on any atom is -0.497 e. The first-order valence-electron chi connectivity index (χ1n) is 10.9. The van der Waals surface area contributed by atoms with Crippen LogP contribution < -0.4 is 9.64 Å². The third kappa shape index (κ3) is 4.87. The van der Waals surface area contributed by atoms with E-state index in [1.165, 1.54) is 6.20 Å². The van der Waals surface area contributed by atoms with Gasteiger partial charge in [0.2, 0.25) is 5.91 Å². The summed E-state index contributed by atoms with van der Waals surface area (Å²) < 4.78 is 6.90. The molecule has 33 heavy (non-hydrogen) atoms. The maximum Gasteiger partial charge on any atom is 0.257 e. The number of ether oxygens (including phenoxy) is 1. The van der Waals surface area contributed by atoms with Crippen molar-refractivity contribution in [3.05, 3.63) is 64.9 Å². The number of fused-ring (bicyclic) bond motifs is 1. The maximum absolute atomic E-state index is 12.8. The highest BCUT2D eigenvalue weighted by molar-refractivity contribution is 5.95. The number of aromatic nitrogens is 4. The number of aryl methyl sites for hydroxylation is 2. The number of amides is 2. The van der Waals surface area contributed by atoms with Crippen molar-refractivity contribution in [2.45, 2.75) is 32.7 Å². The highest BCUT2D eigenvalue weighted by Crippen LogP contribution is 2.28. The van der Waals surface area contributed by atoms with Crippen LogP contribution in [0, 0.1) is 6.92 Å². The van der Waals surface area contributed by atoms with Crippen LogP contribution in [0.3, 0.4) is 0 Å². The molecule has 172 valence electrons. The second-order valence-corrected chi connectivity index (χ2v) is 8.24. The molecule has 0 fully saturated rings. The number of hydrogen-bond donors (Lipinski definition) is 0. The Bertz CT molecular complexity index is 1190. The van der Waals surface area contributed by atoms with E-state index in [4.69, 9.17) is 9.72 Å². The summed E-state index contributed by atoms with van der Waals surface area (Å²) in [7, 11) is 5.11. The second kappa shape index (κ2) is 9.40. The fourth-order valence-electron chi connectivity index (χ4n) is 4.04. The number of carbonyl (C=O) groups is 2. The molecule has 4 rings (SSSR count). The molecular weight excluding hydrogens is 420 g/mol. The van der Waals surface area contributed by atoms with Crippen molar-refractivity contribution in [2.24, 2.45) is 7.05 Å². The number of hydrogen-bond acceptors (Lipinski definition) is 6. The topological polar surface area (TPSA) is 93.5 Å². The van der Waals surface area contributed by atoms with Gasteiger partial charge in [0.15, 0.2) is 0 Å². The Balaban J connectivity index is 1.55. The van der Waals surface area contributed by atoms with E-state index in [1.54, 1.807) is 41.9 Å². The molecule has 0 unspecified atom stereocenters. The van der Waals surface area contributed by atoms with Gasteiger partial charge in [-0.05, 0) is 37.5 Å². The Morgan fingerprint density at radius 1 is 1.24 bits per heavy atom. The molecule has 0 saturated heterocycles. The molecule has 0 aliphatic carbocycles. The Labute approximate surface area is 193 Å². The highest BCUT2D eigenvalue weighted by Gasteiger charge is 2.28. The predicted molar refractivity (Wildman–Crippen MR) is 123 cm³/mol. The molecular formula is C24H28N6O3. The van der Waals surface area contributed by atoms with Crippen LogP contribution in [0.15, 0.2) is 36.7 Å². The van der Waals surface area contributed by atoms with Crippen LogP contribution in [0.5, 0.6) is 5.75 Å². The number of nitrogens with zero attached hydrogens (tertiary/aromatic N) is 6. The quantitative estimate of drug-likeness (QED) is 0.551. The van der Waals surface area contributed by atoms with Crippen LogP contribution in [0.1, 0.15) is 39.4 Å². The van der Waals surface area contributed by atoms with Crippen molar-refractivity contribution in [1.29, 1.82) is 0 Å². The maximum atomic E-state index is 12.8. The molecule has 9 heteroatoms. The Kier molecular flexibility index (Phi) is 6.39. The molecule has 1 aromatic carbocycles. The van der Waals surface area contributed by atoms with Gasteiger partial charge in [0, 0.05) is 44.5 Å². The summed E-state index contributed by atoms with van der Waals surface area (Å²) in [5.74, 6) is 1.84. The molecule has 1 aliphatic heterocycles. The first-order valence-corrected chi connectivity index (χ1v) is 10.9. The van der Waals surface area contributed by atoms with Crippen molar-refractivity contribution in [1.82, 2.24) is 24.6 Å². The molecule has 1 aliphatic rings. The number of rotatable bonds is 7. The number of carbonyl (C=O) groups excluding carboxylic acids is 2. The minimum absolute atomic E-state index is 0.0502. The van der Waals surface area contributed by atoms with Crippen molar-refractivity contribution in [3.63, 3.8) is 0 Å². The zero-order valence-electron chi connectivity index (χ0n) is 19.4. The Morgan fingerprint density at radius 3 is 2.79 bits per heavy atom. The SMILES string of the molecule is COc1cccc(CCN2C(=O)CCc3c(C)nc(CN(C)C(=O)c4cnn(C)c4)nc32)c1. The summed E-state index contributed by atoms with van der Waals surface area (Å²) in [6, 6.07) is 7.84. The molecule has 0 N–H and O–H groups in total. The van der Waals surface area contributed by atoms with E-state index in [0.29, 0.717) is 43.0 Å². The summed E-state index contributed by atoms with van der Waals surface area (Å²) in [6.45, 7) is 2.68. The fraction of sp³-hybridized carbons (Fsp3) is 0.375. The third-order valence-corrected chi connectivity index (χ3v) is 5.82. The standard InChI is InChI=1S/C24H28N6O3/c1-16-20-8-9-22(31)30(11-10-17-6-5-7-19(12-17)33-4)23(20)27-21(26-16)15-28(2)24(32)18-13-25-29(3)14-18/h5-7,12-14H,8-11,15H2,1-4H3. The molecule has 0 radical (unpaired) electrons. The molecule has 0 bridgehead atoms. The van der Waals surface area contributed by atoms with Gasteiger partial charge in [-0.25, -0.2) is 9.97 Å². The molecule has 9 nitrogen and oxygen atoms in total. The first kappa shape index (κ1) is 22.4. The summed E-state index contributed by atoms with van der Waals surface area (Å²) in [4.78, 5) is 38.2. The highest BCUT2D eigenvalue weighted by atomic mass is 16.5. The smallest absolute Gasteiger partial charge is 0.257 e. The van der Waals surface area contributed by atoms with Gasteiger partial charge in [-0.1, -0.05) is 12.1 Å². The number of benzene rings is 1. The van der Waals surface area contributed by atoms with Gasteiger partial charge in [0.25, 0.3) is 5.91 Å². The Morgan fingerprint density at radius 2 is 2.06 bits per heavy atom. The normalized spacial score (nSPS) is 13.1. The van der Waals surface area contributed by atoms with E-state index in [2.05, 4.69) is 10.1 Å². The van der Waals surface area contributed by atoms with Crippen molar-refractivity contribution in [3.8, 4) is 5.75 Å². The zero-order chi connectivity index (χ0) is 23.5. The summed E-state index contributed by atoms with van der Waals surface area (Å²) in [5.41, 5.74) is 3.42. The summed E-state index contributed by atoms with van der Waals surface area (Å²) in [5, 5.41) is 4.06. The summed E-state index contributed by atoms with van der Waals surface area (Å²) in [6.07, 6.45) is 4.96. The molecule has 2 amide bonds. The average molecular weight is 449 g/mol. The minimum atomic E-state index is -0.159. The van der Waals surface area contributed by atoms with Crippen molar-refractivity contribution >= 4 is 17.6 Å². The zero-order valence-corrected chi connectivity index (χ0v) is 19.4. The van der Waals surface area contributed by atoms with E-state index in [-0.39, 0.29) is 18.4 Å². The van der Waals surface area contributed by atoms with Gasteiger partial charge in [-0.15, -0.1) is 0 Å². The van der Waals surface area contributed by atoms with Crippen LogP contribution in [-0.2, 0) is 31.2 Å². The monoisotopic (exact) mass is 448 g/mol. The number of methoxy groups -OCH3 is 1. The fourth-order valence-corrected chi connectivity index (χ4v) is 4.04. The predicted octanol–water partition coefficient (Wildman–Crippen LogP) is 2.32. The third-order valence-electron chi connectivity index (χ3n) is 5.82. The van der Waals surface area contributed by atoms with Crippen LogP contribution in [0.25, 0.3) is 0 Å². The lowest BCUT2D eigenvalue weighted by Crippen LogP contribution is -2.38.